The Kier molecular flexibility index (Phi) is 6.47. The molecule has 144 valence electrons. The Balaban J connectivity index is 1.79. The van der Waals surface area contributed by atoms with E-state index in [0.717, 1.165) is 23.7 Å². The Labute approximate surface area is 167 Å². The summed E-state index contributed by atoms with van der Waals surface area (Å²) in [6, 6.07) is 6.87. The summed E-state index contributed by atoms with van der Waals surface area (Å²) in [6.07, 6.45) is 5.69. The molecule has 4 atom stereocenters. The monoisotopic (exact) mass is 434 g/mol. The maximum atomic E-state index is 12.5. The van der Waals surface area contributed by atoms with Crippen LogP contribution >= 0.6 is 15.9 Å². The first kappa shape index (κ1) is 19.8. The molecule has 6 heteroatoms. The number of hydrogen-bond donors (Lipinski definition) is 0. The third-order valence-corrected chi connectivity index (χ3v) is 5.72. The second-order valence-corrected chi connectivity index (χ2v) is 8.11. The lowest BCUT2D eigenvalue weighted by atomic mass is 9.75. The first-order valence-electron chi connectivity index (χ1n) is 9.32. The Bertz CT molecular complexity index is 739. The van der Waals surface area contributed by atoms with Crippen molar-refractivity contribution >= 4 is 33.7 Å². The zero-order chi connectivity index (χ0) is 19.4. The summed E-state index contributed by atoms with van der Waals surface area (Å²) in [5, 5.41) is 0. The standard InChI is InChI=1S/C21H23BrO5/c1-13-4-2-3-5-16-17(12-20(24)26-13)19(11-10-18(16)23)27-21(25)14-6-8-15(22)9-7-14/h6-11,13,16-17,19H,2-5,12H2,1H3. The minimum absolute atomic E-state index is 0.00244. The molecule has 3 rings (SSSR count). The molecule has 1 fully saturated rings. The van der Waals surface area contributed by atoms with Gasteiger partial charge >= 0.3 is 11.9 Å². The van der Waals surface area contributed by atoms with E-state index in [1.807, 2.05) is 6.92 Å². The van der Waals surface area contributed by atoms with Gasteiger partial charge in [-0.3, -0.25) is 9.59 Å². The molecule has 1 aromatic carbocycles. The summed E-state index contributed by atoms with van der Waals surface area (Å²) < 4.78 is 12.0. The third-order valence-electron chi connectivity index (χ3n) is 5.19. The first-order valence-corrected chi connectivity index (χ1v) is 10.1. The topological polar surface area (TPSA) is 69.7 Å². The van der Waals surface area contributed by atoms with E-state index in [1.165, 1.54) is 6.08 Å². The lowest BCUT2D eigenvalue weighted by Crippen LogP contribution is -2.40. The van der Waals surface area contributed by atoms with E-state index in [-0.39, 0.29) is 36.1 Å². The van der Waals surface area contributed by atoms with Crippen LogP contribution in [-0.4, -0.2) is 29.9 Å². The number of ether oxygens (including phenoxy) is 2. The van der Waals surface area contributed by atoms with Crippen molar-refractivity contribution in [2.75, 3.05) is 0 Å². The van der Waals surface area contributed by atoms with Gasteiger partial charge in [-0.15, -0.1) is 0 Å². The fourth-order valence-electron chi connectivity index (χ4n) is 3.73. The minimum atomic E-state index is -0.619. The number of carbonyl (C=O) groups is 3. The van der Waals surface area contributed by atoms with E-state index in [0.29, 0.717) is 12.0 Å². The van der Waals surface area contributed by atoms with Gasteiger partial charge in [-0.2, -0.15) is 0 Å². The minimum Gasteiger partial charge on any atom is -0.463 e. The Morgan fingerprint density at radius 1 is 1.15 bits per heavy atom. The van der Waals surface area contributed by atoms with Crippen molar-refractivity contribution in [2.45, 2.75) is 51.2 Å². The Morgan fingerprint density at radius 3 is 2.59 bits per heavy atom. The molecule has 1 heterocycles. The second kappa shape index (κ2) is 8.83. The average molecular weight is 435 g/mol. The number of esters is 2. The summed E-state index contributed by atoms with van der Waals surface area (Å²) in [7, 11) is 0. The molecule has 1 aliphatic carbocycles. The van der Waals surface area contributed by atoms with Crippen LogP contribution in [0.5, 0.6) is 0 Å². The molecule has 0 spiro atoms. The molecular weight excluding hydrogens is 412 g/mol. The molecule has 0 aromatic heterocycles. The zero-order valence-electron chi connectivity index (χ0n) is 15.2. The number of carbonyl (C=O) groups excluding carboxylic acids is 3. The lowest BCUT2D eigenvalue weighted by Gasteiger charge is -2.34. The normalized spacial score (nSPS) is 28.8. The molecule has 1 aromatic rings. The molecule has 2 aliphatic rings. The highest BCUT2D eigenvalue weighted by atomic mass is 79.9. The van der Waals surface area contributed by atoms with Crippen LogP contribution in [0.15, 0.2) is 40.9 Å². The van der Waals surface area contributed by atoms with Gasteiger partial charge in [0, 0.05) is 16.3 Å². The quantitative estimate of drug-likeness (QED) is 0.650. The van der Waals surface area contributed by atoms with Crippen LogP contribution in [0.2, 0.25) is 0 Å². The molecule has 0 amide bonds. The van der Waals surface area contributed by atoms with Gasteiger partial charge in [0.25, 0.3) is 0 Å². The van der Waals surface area contributed by atoms with Crippen LogP contribution in [0.1, 0.15) is 49.4 Å². The van der Waals surface area contributed by atoms with E-state index in [2.05, 4.69) is 15.9 Å². The van der Waals surface area contributed by atoms with Gasteiger partial charge in [0.1, 0.15) is 6.10 Å². The Hall–Kier alpha value is -1.95. The second-order valence-electron chi connectivity index (χ2n) is 7.20. The molecule has 4 unspecified atom stereocenters. The van der Waals surface area contributed by atoms with Crippen LogP contribution in [0.25, 0.3) is 0 Å². The van der Waals surface area contributed by atoms with Crippen molar-refractivity contribution in [3.63, 3.8) is 0 Å². The van der Waals surface area contributed by atoms with Crippen molar-refractivity contribution in [3.05, 3.63) is 46.5 Å². The smallest absolute Gasteiger partial charge is 0.338 e. The highest BCUT2D eigenvalue weighted by molar-refractivity contribution is 9.10. The third kappa shape index (κ3) is 5.06. The van der Waals surface area contributed by atoms with E-state index in [9.17, 15) is 14.4 Å². The number of cyclic esters (lactones) is 1. The summed E-state index contributed by atoms with van der Waals surface area (Å²) in [4.78, 5) is 37.2. The van der Waals surface area contributed by atoms with Gasteiger partial charge in [-0.25, -0.2) is 4.79 Å². The van der Waals surface area contributed by atoms with Gasteiger partial charge in [-0.1, -0.05) is 22.4 Å². The van der Waals surface area contributed by atoms with Crippen molar-refractivity contribution in [2.24, 2.45) is 11.8 Å². The highest BCUT2D eigenvalue weighted by Crippen LogP contribution is 2.34. The summed E-state index contributed by atoms with van der Waals surface area (Å²) in [5.41, 5.74) is 0.427. The maximum Gasteiger partial charge on any atom is 0.338 e. The number of allylic oxidation sites excluding steroid dienone is 1. The number of hydrogen-bond acceptors (Lipinski definition) is 5. The molecule has 5 nitrogen and oxygen atoms in total. The summed E-state index contributed by atoms with van der Waals surface area (Å²) in [5.74, 6) is -1.52. The number of benzene rings is 1. The van der Waals surface area contributed by atoms with Gasteiger partial charge in [-0.05, 0) is 62.6 Å². The van der Waals surface area contributed by atoms with E-state index in [1.54, 1.807) is 30.3 Å². The van der Waals surface area contributed by atoms with Crippen molar-refractivity contribution in [1.82, 2.24) is 0 Å². The fourth-order valence-corrected chi connectivity index (χ4v) is 4.00. The van der Waals surface area contributed by atoms with Gasteiger partial charge < -0.3 is 9.47 Å². The lowest BCUT2D eigenvalue weighted by molar-refractivity contribution is -0.152. The number of fused-ring (bicyclic) bond motifs is 1. The SMILES string of the molecule is CC1CCCCC2C(=O)C=CC(OC(=O)c3ccc(Br)cc3)C2CC(=O)O1. The first-order chi connectivity index (χ1) is 12.9. The van der Waals surface area contributed by atoms with Crippen LogP contribution in [-0.2, 0) is 19.1 Å². The predicted molar refractivity (Wildman–Crippen MR) is 103 cm³/mol. The van der Waals surface area contributed by atoms with Crippen LogP contribution in [0, 0.1) is 11.8 Å². The van der Waals surface area contributed by atoms with Gasteiger partial charge in [0.15, 0.2) is 5.78 Å². The molecule has 0 bridgehead atoms. The largest absolute Gasteiger partial charge is 0.463 e. The van der Waals surface area contributed by atoms with Crippen LogP contribution in [0.3, 0.4) is 0 Å². The van der Waals surface area contributed by atoms with E-state index in [4.69, 9.17) is 9.47 Å². The predicted octanol–water partition coefficient (Wildman–Crippen LogP) is 4.24. The maximum absolute atomic E-state index is 12.5. The molecule has 0 saturated carbocycles. The number of rotatable bonds is 2. The molecule has 0 N–H and O–H groups in total. The van der Waals surface area contributed by atoms with E-state index < -0.39 is 12.1 Å². The van der Waals surface area contributed by atoms with E-state index >= 15 is 0 Å². The molecule has 0 radical (unpaired) electrons. The fraction of sp³-hybridized carbons (Fsp3) is 0.476. The van der Waals surface area contributed by atoms with Gasteiger partial charge in [0.05, 0.1) is 18.1 Å². The van der Waals surface area contributed by atoms with Crippen molar-refractivity contribution in [1.29, 1.82) is 0 Å². The highest BCUT2D eigenvalue weighted by Gasteiger charge is 2.39. The molecule has 27 heavy (non-hydrogen) atoms. The van der Waals surface area contributed by atoms with Gasteiger partial charge in [0.2, 0.25) is 0 Å². The number of halogens is 1. The average Bonchev–Trinajstić information content (AvgIpc) is 2.63. The molecule has 1 saturated heterocycles. The summed E-state index contributed by atoms with van der Waals surface area (Å²) >= 11 is 3.33. The molecular formula is C21H23BrO5. The summed E-state index contributed by atoms with van der Waals surface area (Å²) in [6.45, 7) is 1.88. The number of ketones is 1. The Morgan fingerprint density at radius 2 is 1.85 bits per heavy atom. The van der Waals surface area contributed by atoms with Crippen LogP contribution < -0.4 is 0 Å². The zero-order valence-corrected chi connectivity index (χ0v) is 16.8. The van der Waals surface area contributed by atoms with Crippen LogP contribution in [0.4, 0.5) is 0 Å². The molecule has 1 aliphatic heterocycles. The van der Waals surface area contributed by atoms with Crippen molar-refractivity contribution < 1.29 is 23.9 Å². The van der Waals surface area contributed by atoms with Crippen molar-refractivity contribution in [3.8, 4) is 0 Å².